The first-order chi connectivity index (χ1) is 11.6. The van der Waals surface area contributed by atoms with Gasteiger partial charge in [-0.25, -0.2) is 9.78 Å². The van der Waals surface area contributed by atoms with Gasteiger partial charge in [-0.1, -0.05) is 60.2 Å². The minimum absolute atomic E-state index is 0.274. The standard InChI is InChI=1S/C19H20N4O/c1-14-8-10-15(11-9-14)12-21-19(24)22-18-20-13-17(23(18)2)16-6-4-3-5-7-16/h3-11,13H,12H2,1-2H3,(H2,20,21,22,24). The molecule has 2 amide bonds. The van der Waals surface area contributed by atoms with Gasteiger partial charge < -0.3 is 9.88 Å². The molecular formula is C19H20N4O. The van der Waals surface area contributed by atoms with E-state index in [9.17, 15) is 4.79 Å². The number of hydrogen-bond donors (Lipinski definition) is 2. The average Bonchev–Trinajstić information content (AvgIpc) is 2.96. The van der Waals surface area contributed by atoms with Crippen molar-refractivity contribution in [3.8, 4) is 11.3 Å². The van der Waals surface area contributed by atoms with Gasteiger partial charge in [-0.2, -0.15) is 0 Å². The van der Waals surface area contributed by atoms with Crippen LogP contribution in [-0.4, -0.2) is 15.6 Å². The second-order valence-corrected chi connectivity index (χ2v) is 5.69. The lowest BCUT2D eigenvalue weighted by Crippen LogP contribution is -2.29. The predicted molar refractivity (Wildman–Crippen MR) is 95.7 cm³/mol. The molecule has 0 unspecified atom stereocenters. The highest BCUT2D eigenvalue weighted by atomic mass is 16.2. The molecule has 1 aromatic heterocycles. The second-order valence-electron chi connectivity index (χ2n) is 5.69. The SMILES string of the molecule is Cc1ccc(CNC(=O)Nc2ncc(-c3ccccc3)n2C)cc1. The van der Waals surface area contributed by atoms with E-state index in [4.69, 9.17) is 0 Å². The fraction of sp³-hybridized carbons (Fsp3) is 0.158. The summed E-state index contributed by atoms with van der Waals surface area (Å²) in [5.74, 6) is 0.509. The van der Waals surface area contributed by atoms with Crippen LogP contribution in [0.25, 0.3) is 11.3 Å². The number of rotatable bonds is 4. The van der Waals surface area contributed by atoms with Gasteiger partial charge in [-0.05, 0) is 18.1 Å². The Morgan fingerprint density at radius 3 is 2.50 bits per heavy atom. The number of benzene rings is 2. The minimum Gasteiger partial charge on any atom is -0.334 e. The van der Waals surface area contributed by atoms with E-state index in [1.165, 1.54) is 5.56 Å². The normalized spacial score (nSPS) is 10.4. The molecule has 0 aliphatic carbocycles. The van der Waals surface area contributed by atoms with Crippen molar-refractivity contribution in [2.45, 2.75) is 13.5 Å². The third-order valence-electron chi connectivity index (χ3n) is 3.86. The van der Waals surface area contributed by atoms with E-state index in [2.05, 4.69) is 15.6 Å². The van der Waals surface area contributed by atoms with Crippen molar-refractivity contribution in [1.29, 1.82) is 0 Å². The molecule has 3 rings (SSSR count). The monoisotopic (exact) mass is 320 g/mol. The third-order valence-corrected chi connectivity index (χ3v) is 3.86. The van der Waals surface area contributed by atoms with Crippen LogP contribution in [0.1, 0.15) is 11.1 Å². The van der Waals surface area contributed by atoms with E-state index in [1.807, 2.05) is 73.1 Å². The Morgan fingerprint density at radius 1 is 1.08 bits per heavy atom. The van der Waals surface area contributed by atoms with Gasteiger partial charge in [0.2, 0.25) is 5.95 Å². The number of carbonyl (C=O) groups excluding carboxylic acids is 1. The van der Waals surface area contributed by atoms with Crippen LogP contribution < -0.4 is 10.6 Å². The van der Waals surface area contributed by atoms with Crippen molar-refractivity contribution in [2.24, 2.45) is 7.05 Å². The van der Waals surface area contributed by atoms with Gasteiger partial charge in [-0.15, -0.1) is 0 Å². The summed E-state index contributed by atoms with van der Waals surface area (Å²) in [5.41, 5.74) is 4.26. The molecule has 24 heavy (non-hydrogen) atoms. The maximum absolute atomic E-state index is 12.1. The van der Waals surface area contributed by atoms with Gasteiger partial charge in [0.25, 0.3) is 0 Å². The molecule has 5 nitrogen and oxygen atoms in total. The number of carbonyl (C=O) groups is 1. The topological polar surface area (TPSA) is 59.0 Å². The Balaban J connectivity index is 1.63. The average molecular weight is 320 g/mol. The summed E-state index contributed by atoms with van der Waals surface area (Å²) in [6.45, 7) is 2.51. The molecule has 2 aromatic carbocycles. The number of nitrogens with zero attached hydrogens (tertiary/aromatic N) is 2. The van der Waals surface area contributed by atoms with Crippen LogP contribution in [0.2, 0.25) is 0 Å². The number of aromatic nitrogens is 2. The van der Waals surface area contributed by atoms with E-state index in [-0.39, 0.29) is 6.03 Å². The first-order valence-electron chi connectivity index (χ1n) is 7.81. The molecule has 2 N–H and O–H groups in total. The van der Waals surface area contributed by atoms with Gasteiger partial charge in [-0.3, -0.25) is 5.32 Å². The van der Waals surface area contributed by atoms with Crippen molar-refractivity contribution in [1.82, 2.24) is 14.9 Å². The summed E-state index contributed by atoms with van der Waals surface area (Å²) in [7, 11) is 1.88. The van der Waals surface area contributed by atoms with Crippen molar-refractivity contribution in [2.75, 3.05) is 5.32 Å². The highest BCUT2D eigenvalue weighted by Gasteiger charge is 2.10. The van der Waals surface area contributed by atoms with Crippen molar-refractivity contribution in [3.63, 3.8) is 0 Å². The number of urea groups is 1. The van der Waals surface area contributed by atoms with Gasteiger partial charge in [0.1, 0.15) is 0 Å². The largest absolute Gasteiger partial charge is 0.334 e. The second kappa shape index (κ2) is 7.00. The Hall–Kier alpha value is -3.08. The summed E-state index contributed by atoms with van der Waals surface area (Å²) in [4.78, 5) is 16.4. The van der Waals surface area contributed by atoms with Gasteiger partial charge in [0.05, 0.1) is 11.9 Å². The summed E-state index contributed by atoms with van der Waals surface area (Å²) < 4.78 is 1.86. The minimum atomic E-state index is -0.274. The zero-order chi connectivity index (χ0) is 16.9. The van der Waals surface area contributed by atoms with Crippen LogP contribution in [0.3, 0.4) is 0 Å². The van der Waals surface area contributed by atoms with E-state index in [0.717, 1.165) is 16.8 Å². The maximum atomic E-state index is 12.1. The molecule has 5 heteroatoms. The molecule has 0 fully saturated rings. The quantitative estimate of drug-likeness (QED) is 0.770. The van der Waals surface area contributed by atoms with Crippen LogP contribution in [0.15, 0.2) is 60.8 Å². The van der Waals surface area contributed by atoms with Crippen LogP contribution in [0, 0.1) is 6.92 Å². The zero-order valence-electron chi connectivity index (χ0n) is 13.8. The van der Waals surface area contributed by atoms with Crippen molar-refractivity contribution in [3.05, 3.63) is 71.9 Å². The van der Waals surface area contributed by atoms with Gasteiger partial charge in [0, 0.05) is 13.6 Å². The summed E-state index contributed by atoms with van der Waals surface area (Å²) >= 11 is 0. The Labute approximate surface area is 141 Å². The number of nitrogens with one attached hydrogen (secondary N) is 2. The number of aryl methyl sites for hydroxylation is 1. The molecule has 0 aliphatic heterocycles. The molecule has 0 bridgehead atoms. The number of imidazole rings is 1. The van der Waals surface area contributed by atoms with Crippen LogP contribution in [0.5, 0.6) is 0 Å². The number of anilines is 1. The fourth-order valence-electron chi connectivity index (χ4n) is 2.44. The third kappa shape index (κ3) is 3.63. The molecule has 3 aromatic rings. The van der Waals surface area contributed by atoms with Crippen LogP contribution in [-0.2, 0) is 13.6 Å². The van der Waals surface area contributed by atoms with Crippen LogP contribution in [0.4, 0.5) is 10.7 Å². The van der Waals surface area contributed by atoms with E-state index < -0.39 is 0 Å². The predicted octanol–water partition coefficient (Wildman–Crippen LogP) is 3.72. The molecule has 0 saturated heterocycles. The molecule has 0 spiro atoms. The lowest BCUT2D eigenvalue weighted by molar-refractivity contribution is 0.251. The molecule has 1 heterocycles. The summed E-state index contributed by atoms with van der Waals surface area (Å²) in [6.07, 6.45) is 1.75. The maximum Gasteiger partial charge on any atom is 0.321 e. The highest BCUT2D eigenvalue weighted by Crippen LogP contribution is 2.21. The Kier molecular flexibility index (Phi) is 4.61. The van der Waals surface area contributed by atoms with Crippen LogP contribution >= 0.6 is 0 Å². The zero-order valence-corrected chi connectivity index (χ0v) is 13.8. The molecule has 0 aliphatic rings. The summed E-state index contributed by atoms with van der Waals surface area (Å²) in [6, 6.07) is 17.7. The first kappa shape index (κ1) is 15.8. The number of hydrogen-bond acceptors (Lipinski definition) is 2. The van der Waals surface area contributed by atoms with Gasteiger partial charge >= 0.3 is 6.03 Å². The van der Waals surface area contributed by atoms with Gasteiger partial charge in [0.15, 0.2) is 0 Å². The molecule has 122 valence electrons. The van der Waals surface area contributed by atoms with Crippen molar-refractivity contribution >= 4 is 12.0 Å². The molecule has 0 radical (unpaired) electrons. The lowest BCUT2D eigenvalue weighted by Gasteiger charge is -2.09. The number of amides is 2. The molecular weight excluding hydrogens is 300 g/mol. The molecule has 0 saturated carbocycles. The highest BCUT2D eigenvalue weighted by molar-refractivity contribution is 5.87. The van der Waals surface area contributed by atoms with E-state index >= 15 is 0 Å². The first-order valence-corrected chi connectivity index (χ1v) is 7.81. The smallest absolute Gasteiger partial charge is 0.321 e. The lowest BCUT2D eigenvalue weighted by atomic mass is 10.1. The Morgan fingerprint density at radius 2 is 1.79 bits per heavy atom. The fourth-order valence-corrected chi connectivity index (χ4v) is 2.44. The molecule has 0 atom stereocenters. The van der Waals surface area contributed by atoms with Crippen molar-refractivity contribution < 1.29 is 4.79 Å². The Bertz CT molecular complexity index is 822. The van der Waals surface area contributed by atoms with E-state index in [0.29, 0.717) is 12.5 Å². The summed E-state index contributed by atoms with van der Waals surface area (Å²) in [5, 5.41) is 5.62. The van der Waals surface area contributed by atoms with E-state index in [1.54, 1.807) is 6.20 Å².